The minimum absolute atomic E-state index is 0.00433. The van der Waals surface area contributed by atoms with E-state index in [1.54, 1.807) is 0 Å². The van der Waals surface area contributed by atoms with Crippen LogP contribution in [0, 0.1) is 17.5 Å². The smallest absolute Gasteiger partial charge is 0.238 e. The molecule has 0 aliphatic heterocycles. The quantitative estimate of drug-likeness (QED) is 0.761. The highest BCUT2D eigenvalue weighted by atomic mass is 19.2. The van der Waals surface area contributed by atoms with E-state index >= 15 is 0 Å². The number of amides is 1. The van der Waals surface area contributed by atoms with E-state index in [2.05, 4.69) is 5.32 Å². The molecule has 4 nitrogen and oxygen atoms in total. The van der Waals surface area contributed by atoms with Crippen LogP contribution in [0.2, 0.25) is 0 Å². The molecule has 0 radical (unpaired) electrons. The maximum absolute atomic E-state index is 13.6. The van der Waals surface area contributed by atoms with Crippen LogP contribution in [0.5, 0.6) is 0 Å². The third-order valence-corrected chi connectivity index (χ3v) is 3.98. The maximum Gasteiger partial charge on any atom is 0.238 e. The molecule has 2 rings (SSSR count). The summed E-state index contributed by atoms with van der Waals surface area (Å²) in [5.41, 5.74) is 1.73. The first-order chi connectivity index (χ1) is 12.3. The van der Waals surface area contributed by atoms with Crippen molar-refractivity contribution in [3.05, 3.63) is 59.4 Å². The van der Waals surface area contributed by atoms with Gasteiger partial charge in [-0.3, -0.25) is 9.69 Å². The molecule has 0 atom stereocenters. The molecule has 0 spiro atoms. The number of benzene rings is 2. The minimum atomic E-state index is -1.60. The molecule has 140 valence electrons. The van der Waals surface area contributed by atoms with Crippen molar-refractivity contribution in [3.63, 3.8) is 0 Å². The van der Waals surface area contributed by atoms with Gasteiger partial charge < -0.3 is 10.2 Å². The van der Waals surface area contributed by atoms with Crippen molar-refractivity contribution >= 4 is 17.3 Å². The minimum Gasteiger partial charge on any atom is -0.378 e. The molecule has 1 amide bonds. The molecule has 1 N–H and O–H groups in total. The van der Waals surface area contributed by atoms with Gasteiger partial charge in [0.05, 0.1) is 12.2 Å². The Hall–Kier alpha value is -2.54. The normalized spacial score (nSPS) is 10.9. The number of hydrogen-bond donors (Lipinski definition) is 1. The van der Waals surface area contributed by atoms with Gasteiger partial charge in [0.15, 0.2) is 17.5 Å². The average molecular weight is 365 g/mol. The van der Waals surface area contributed by atoms with Crippen molar-refractivity contribution in [1.29, 1.82) is 0 Å². The lowest BCUT2D eigenvalue weighted by Gasteiger charge is -2.21. The SMILES string of the molecule is CCN(CC(=O)Nc1ccc(F)c(F)c1F)Cc1ccc(N(C)C)cc1. The van der Waals surface area contributed by atoms with Gasteiger partial charge in [-0.1, -0.05) is 19.1 Å². The second-order valence-electron chi connectivity index (χ2n) is 6.14. The lowest BCUT2D eigenvalue weighted by Crippen LogP contribution is -2.33. The highest BCUT2D eigenvalue weighted by Crippen LogP contribution is 2.19. The first-order valence-electron chi connectivity index (χ1n) is 8.23. The number of likely N-dealkylation sites (N-methyl/N-ethyl adjacent to an activating group) is 1. The van der Waals surface area contributed by atoms with E-state index in [9.17, 15) is 18.0 Å². The molecule has 0 saturated heterocycles. The highest BCUT2D eigenvalue weighted by Gasteiger charge is 2.16. The number of carbonyl (C=O) groups is 1. The number of anilines is 2. The van der Waals surface area contributed by atoms with Gasteiger partial charge in [-0.05, 0) is 36.4 Å². The molecule has 7 heteroatoms. The van der Waals surface area contributed by atoms with Gasteiger partial charge in [0.2, 0.25) is 5.91 Å². The summed E-state index contributed by atoms with van der Waals surface area (Å²) >= 11 is 0. The number of rotatable bonds is 7. The zero-order chi connectivity index (χ0) is 19.3. The van der Waals surface area contributed by atoms with Crippen LogP contribution in [-0.4, -0.2) is 38.0 Å². The third kappa shape index (κ3) is 4.98. The summed E-state index contributed by atoms with van der Waals surface area (Å²) in [6.45, 7) is 3.05. The Morgan fingerprint density at radius 2 is 1.65 bits per heavy atom. The second kappa shape index (κ2) is 8.71. The first kappa shape index (κ1) is 19.8. The van der Waals surface area contributed by atoms with Gasteiger partial charge in [-0.2, -0.15) is 0 Å². The average Bonchev–Trinajstić information content (AvgIpc) is 2.62. The summed E-state index contributed by atoms with van der Waals surface area (Å²) in [6, 6.07) is 9.70. The fraction of sp³-hybridized carbons (Fsp3) is 0.316. The van der Waals surface area contributed by atoms with Crippen LogP contribution in [0.1, 0.15) is 12.5 Å². The number of nitrogens with one attached hydrogen (secondary N) is 1. The van der Waals surface area contributed by atoms with E-state index in [1.807, 2.05) is 55.1 Å². The predicted molar refractivity (Wildman–Crippen MR) is 96.7 cm³/mol. The van der Waals surface area contributed by atoms with Gasteiger partial charge in [0.25, 0.3) is 0 Å². The molecule has 0 heterocycles. The fourth-order valence-corrected chi connectivity index (χ4v) is 2.45. The molecule has 26 heavy (non-hydrogen) atoms. The van der Waals surface area contributed by atoms with Crippen LogP contribution in [-0.2, 0) is 11.3 Å². The Balaban J connectivity index is 1.98. The Kier molecular flexibility index (Phi) is 6.63. The van der Waals surface area contributed by atoms with E-state index in [-0.39, 0.29) is 12.2 Å². The van der Waals surface area contributed by atoms with Crippen LogP contribution < -0.4 is 10.2 Å². The summed E-state index contributed by atoms with van der Waals surface area (Å²) in [7, 11) is 3.91. The number of hydrogen-bond acceptors (Lipinski definition) is 3. The van der Waals surface area contributed by atoms with Gasteiger partial charge in [0, 0.05) is 26.3 Å². The third-order valence-electron chi connectivity index (χ3n) is 3.98. The highest BCUT2D eigenvalue weighted by molar-refractivity contribution is 5.92. The standard InChI is InChI=1S/C19H22F3N3O/c1-4-25(11-13-5-7-14(8-6-13)24(2)3)12-17(26)23-16-10-9-15(20)18(21)19(16)22/h5-10H,4,11-12H2,1-3H3,(H,23,26). The molecule has 2 aromatic rings. The van der Waals surface area contributed by atoms with Gasteiger partial charge in [-0.25, -0.2) is 13.2 Å². The Morgan fingerprint density at radius 1 is 1.00 bits per heavy atom. The van der Waals surface area contributed by atoms with Crippen LogP contribution >= 0.6 is 0 Å². The number of nitrogens with zero attached hydrogens (tertiary/aromatic N) is 2. The predicted octanol–water partition coefficient (Wildman–Crippen LogP) is 3.63. The van der Waals surface area contributed by atoms with Crippen LogP contribution in [0.4, 0.5) is 24.5 Å². The monoisotopic (exact) mass is 365 g/mol. The van der Waals surface area contributed by atoms with Crippen molar-refractivity contribution in [2.45, 2.75) is 13.5 Å². The van der Waals surface area contributed by atoms with Crippen molar-refractivity contribution in [2.24, 2.45) is 0 Å². The summed E-state index contributed by atoms with van der Waals surface area (Å²) in [4.78, 5) is 16.0. The lowest BCUT2D eigenvalue weighted by atomic mass is 10.2. The Labute approximate surface area is 151 Å². The molecule has 0 fully saturated rings. The van der Waals surface area contributed by atoms with E-state index in [1.165, 1.54) is 0 Å². The summed E-state index contributed by atoms with van der Waals surface area (Å²) in [5.74, 6) is -4.80. The summed E-state index contributed by atoms with van der Waals surface area (Å²) < 4.78 is 39.8. The second-order valence-corrected chi connectivity index (χ2v) is 6.14. The Morgan fingerprint density at radius 3 is 2.23 bits per heavy atom. The van der Waals surface area contributed by atoms with Crippen molar-refractivity contribution in [1.82, 2.24) is 4.90 Å². The van der Waals surface area contributed by atoms with E-state index in [0.29, 0.717) is 13.1 Å². The van der Waals surface area contributed by atoms with Crippen molar-refractivity contribution < 1.29 is 18.0 Å². The van der Waals surface area contributed by atoms with Gasteiger partial charge in [-0.15, -0.1) is 0 Å². The van der Waals surface area contributed by atoms with E-state index in [0.717, 1.165) is 23.4 Å². The zero-order valence-corrected chi connectivity index (χ0v) is 15.0. The topological polar surface area (TPSA) is 35.6 Å². The molecule has 0 aliphatic carbocycles. The summed E-state index contributed by atoms with van der Waals surface area (Å²) in [6.07, 6.45) is 0. The van der Waals surface area contributed by atoms with Crippen LogP contribution in [0.15, 0.2) is 36.4 Å². The van der Waals surface area contributed by atoms with Gasteiger partial charge in [0.1, 0.15) is 0 Å². The van der Waals surface area contributed by atoms with E-state index in [4.69, 9.17) is 0 Å². The molecule has 0 aliphatic rings. The zero-order valence-electron chi connectivity index (χ0n) is 15.0. The molecule has 0 bridgehead atoms. The van der Waals surface area contributed by atoms with E-state index < -0.39 is 23.4 Å². The molecule has 0 unspecified atom stereocenters. The lowest BCUT2D eigenvalue weighted by molar-refractivity contribution is -0.117. The van der Waals surface area contributed by atoms with Crippen LogP contribution in [0.25, 0.3) is 0 Å². The Bertz CT molecular complexity index is 763. The fourth-order valence-electron chi connectivity index (χ4n) is 2.45. The van der Waals surface area contributed by atoms with Crippen molar-refractivity contribution in [3.8, 4) is 0 Å². The van der Waals surface area contributed by atoms with Gasteiger partial charge >= 0.3 is 0 Å². The molecule has 0 aromatic heterocycles. The molecule has 0 saturated carbocycles. The first-order valence-corrected chi connectivity index (χ1v) is 8.23. The molecule has 2 aromatic carbocycles. The molecular formula is C19H22F3N3O. The number of carbonyl (C=O) groups excluding carboxylic acids is 1. The molecular weight excluding hydrogens is 343 g/mol. The van der Waals surface area contributed by atoms with Crippen molar-refractivity contribution in [2.75, 3.05) is 37.4 Å². The largest absolute Gasteiger partial charge is 0.378 e. The maximum atomic E-state index is 13.6. The summed E-state index contributed by atoms with van der Waals surface area (Å²) in [5, 5.41) is 2.28. The number of halogens is 3. The van der Waals surface area contributed by atoms with Crippen LogP contribution in [0.3, 0.4) is 0 Å².